The third-order valence-electron chi connectivity index (χ3n) is 5.94. The molecule has 0 radical (unpaired) electrons. The molecule has 1 unspecified atom stereocenters. The van der Waals surface area contributed by atoms with Gasteiger partial charge in [0.25, 0.3) is 17.7 Å². The Bertz CT molecular complexity index is 1040. The van der Waals surface area contributed by atoms with E-state index in [2.05, 4.69) is 10.2 Å². The second-order valence-electron chi connectivity index (χ2n) is 8.29. The molecule has 1 heterocycles. The summed E-state index contributed by atoms with van der Waals surface area (Å²) in [6.45, 7) is 4.55. The van der Waals surface area contributed by atoms with Gasteiger partial charge in [-0.2, -0.15) is 0 Å². The quantitative estimate of drug-likeness (QED) is 0.194. The van der Waals surface area contributed by atoms with Gasteiger partial charge in [-0.05, 0) is 41.8 Å². The topological polar surface area (TPSA) is 120 Å². The lowest BCUT2D eigenvalue weighted by atomic mass is 10.0. The fourth-order valence-corrected chi connectivity index (χ4v) is 3.89. The Morgan fingerprint density at radius 1 is 1.11 bits per heavy atom. The van der Waals surface area contributed by atoms with Crippen LogP contribution in [0.1, 0.15) is 16.8 Å². The summed E-state index contributed by atoms with van der Waals surface area (Å²) in [5.74, 6) is -2.71. The fourth-order valence-electron chi connectivity index (χ4n) is 3.89. The van der Waals surface area contributed by atoms with E-state index in [9.17, 15) is 18.8 Å². The number of morpholine rings is 1. The summed E-state index contributed by atoms with van der Waals surface area (Å²) < 4.78 is 25.6. The third kappa shape index (κ3) is 6.78. The molecule has 36 heavy (non-hydrogen) atoms. The van der Waals surface area contributed by atoms with E-state index >= 15 is 0 Å². The first kappa shape index (κ1) is 27.1. The normalized spacial score (nSPS) is 14.6. The first-order chi connectivity index (χ1) is 17.3. The van der Waals surface area contributed by atoms with E-state index in [0.717, 1.165) is 44.2 Å². The molecule has 1 aliphatic rings. The standard InChI is InChI=1S/C25H31FN4O6/c1-27-23(31)22(24(32)28-34)29(2)25(33)18-6-4-17(5-7-18)19-8-9-21(20(26)16-19)36-13-3-10-30-11-14-35-15-12-30/h4-9,16,22,34H,3,10-15H2,1-2H3,(H,27,31)(H,28,32). The highest BCUT2D eigenvalue weighted by Crippen LogP contribution is 2.26. The summed E-state index contributed by atoms with van der Waals surface area (Å²) in [4.78, 5) is 39.9. The lowest BCUT2D eigenvalue weighted by Gasteiger charge is -2.26. The van der Waals surface area contributed by atoms with Crippen LogP contribution in [0.3, 0.4) is 0 Å². The van der Waals surface area contributed by atoms with Gasteiger partial charge >= 0.3 is 0 Å². The van der Waals surface area contributed by atoms with Crippen LogP contribution in [0.25, 0.3) is 11.1 Å². The van der Waals surface area contributed by atoms with E-state index in [1.165, 1.54) is 37.8 Å². The van der Waals surface area contributed by atoms with Crippen LogP contribution in [0, 0.1) is 5.82 Å². The molecule has 1 atom stereocenters. The first-order valence-corrected chi connectivity index (χ1v) is 11.6. The van der Waals surface area contributed by atoms with Crippen LogP contribution in [0.2, 0.25) is 0 Å². The highest BCUT2D eigenvalue weighted by Gasteiger charge is 2.33. The number of amides is 3. The summed E-state index contributed by atoms with van der Waals surface area (Å²) in [7, 11) is 2.59. The molecule has 0 spiro atoms. The van der Waals surface area contributed by atoms with Crippen molar-refractivity contribution in [2.75, 3.05) is 53.6 Å². The zero-order valence-corrected chi connectivity index (χ0v) is 20.3. The number of halogens is 1. The number of hydrogen-bond donors (Lipinski definition) is 3. The van der Waals surface area contributed by atoms with Crippen molar-refractivity contribution in [1.82, 2.24) is 20.6 Å². The van der Waals surface area contributed by atoms with Crippen LogP contribution >= 0.6 is 0 Å². The Kier molecular flexibility index (Phi) is 9.74. The molecule has 194 valence electrons. The van der Waals surface area contributed by atoms with Gasteiger partial charge in [0.15, 0.2) is 17.6 Å². The van der Waals surface area contributed by atoms with Crippen LogP contribution in [-0.2, 0) is 14.3 Å². The Morgan fingerprint density at radius 2 is 1.78 bits per heavy atom. The van der Waals surface area contributed by atoms with Gasteiger partial charge < -0.3 is 19.7 Å². The van der Waals surface area contributed by atoms with Crippen LogP contribution in [-0.4, -0.2) is 92.3 Å². The zero-order chi connectivity index (χ0) is 26.1. The zero-order valence-electron chi connectivity index (χ0n) is 20.3. The van der Waals surface area contributed by atoms with Crippen molar-refractivity contribution < 1.29 is 33.5 Å². The van der Waals surface area contributed by atoms with Crippen LogP contribution in [0.15, 0.2) is 42.5 Å². The smallest absolute Gasteiger partial charge is 0.275 e. The summed E-state index contributed by atoms with van der Waals surface area (Å²) >= 11 is 0. The Morgan fingerprint density at radius 3 is 2.39 bits per heavy atom. The molecule has 2 aromatic rings. The maximum Gasteiger partial charge on any atom is 0.275 e. The molecule has 3 amide bonds. The minimum absolute atomic E-state index is 0.177. The summed E-state index contributed by atoms with van der Waals surface area (Å²) in [5.41, 5.74) is 2.87. The van der Waals surface area contributed by atoms with Crippen molar-refractivity contribution in [3.8, 4) is 16.9 Å². The van der Waals surface area contributed by atoms with E-state index < -0.39 is 29.6 Å². The van der Waals surface area contributed by atoms with Crippen LogP contribution in [0.5, 0.6) is 5.75 Å². The molecular formula is C25H31FN4O6. The number of rotatable bonds is 10. The SMILES string of the molecule is CNC(=O)C(C(=O)NO)N(C)C(=O)c1ccc(-c2ccc(OCCCN3CCOCC3)c(F)c2)cc1. The van der Waals surface area contributed by atoms with Crippen molar-refractivity contribution in [3.63, 3.8) is 0 Å². The number of benzene rings is 2. The number of carbonyl (C=O) groups excluding carboxylic acids is 3. The number of hydrogen-bond acceptors (Lipinski definition) is 7. The lowest BCUT2D eigenvalue weighted by Crippen LogP contribution is -2.54. The number of nitrogens with one attached hydrogen (secondary N) is 2. The van der Waals surface area contributed by atoms with Gasteiger partial charge in [-0.3, -0.25) is 24.5 Å². The predicted molar refractivity (Wildman–Crippen MR) is 129 cm³/mol. The van der Waals surface area contributed by atoms with Gasteiger partial charge in [0.1, 0.15) is 0 Å². The maximum atomic E-state index is 14.6. The number of nitrogens with zero attached hydrogens (tertiary/aromatic N) is 2. The Labute approximate surface area is 208 Å². The summed E-state index contributed by atoms with van der Waals surface area (Å²) in [5, 5.41) is 11.2. The molecule has 2 aromatic carbocycles. The molecule has 1 aliphatic heterocycles. The van der Waals surface area contributed by atoms with Gasteiger partial charge in [0.05, 0.1) is 19.8 Å². The summed E-state index contributed by atoms with van der Waals surface area (Å²) in [6, 6.07) is 9.43. The average Bonchev–Trinajstić information content (AvgIpc) is 2.91. The Hall–Kier alpha value is -3.54. The first-order valence-electron chi connectivity index (χ1n) is 11.6. The predicted octanol–water partition coefficient (Wildman–Crippen LogP) is 1.29. The van der Waals surface area contributed by atoms with Gasteiger partial charge in [0, 0.05) is 39.3 Å². The number of ether oxygens (including phenoxy) is 2. The van der Waals surface area contributed by atoms with Crippen LogP contribution < -0.4 is 15.5 Å². The van der Waals surface area contributed by atoms with E-state index in [0.29, 0.717) is 17.7 Å². The number of hydroxylamine groups is 1. The Balaban J connectivity index is 1.61. The largest absolute Gasteiger partial charge is 0.490 e. The molecular weight excluding hydrogens is 471 g/mol. The molecule has 1 saturated heterocycles. The van der Waals surface area contributed by atoms with Gasteiger partial charge in [-0.15, -0.1) is 0 Å². The number of carbonyl (C=O) groups is 3. The molecule has 0 saturated carbocycles. The van der Waals surface area contributed by atoms with Crippen molar-refractivity contribution >= 4 is 17.7 Å². The number of likely N-dealkylation sites (N-methyl/N-ethyl adjacent to an activating group) is 2. The minimum Gasteiger partial charge on any atom is -0.490 e. The van der Waals surface area contributed by atoms with Crippen LogP contribution in [0.4, 0.5) is 4.39 Å². The fraction of sp³-hybridized carbons (Fsp3) is 0.400. The highest BCUT2D eigenvalue weighted by molar-refractivity contribution is 6.08. The van der Waals surface area contributed by atoms with E-state index in [4.69, 9.17) is 14.7 Å². The van der Waals surface area contributed by atoms with Gasteiger partial charge in [0.2, 0.25) is 0 Å². The van der Waals surface area contributed by atoms with Gasteiger partial charge in [-0.1, -0.05) is 18.2 Å². The molecule has 0 bridgehead atoms. The van der Waals surface area contributed by atoms with Crippen molar-refractivity contribution in [1.29, 1.82) is 0 Å². The highest BCUT2D eigenvalue weighted by atomic mass is 19.1. The molecule has 3 N–H and O–H groups in total. The van der Waals surface area contributed by atoms with E-state index in [1.54, 1.807) is 24.3 Å². The minimum atomic E-state index is -1.55. The van der Waals surface area contributed by atoms with Gasteiger partial charge in [-0.25, -0.2) is 9.87 Å². The third-order valence-corrected chi connectivity index (χ3v) is 5.94. The van der Waals surface area contributed by atoms with E-state index in [-0.39, 0.29) is 11.3 Å². The molecule has 11 heteroatoms. The van der Waals surface area contributed by atoms with Crippen molar-refractivity contribution in [2.45, 2.75) is 12.5 Å². The van der Waals surface area contributed by atoms with Crippen molar-refractivity contribution in [3.05, 3.63) is 53.8 Å². The molecule has 0 aromatic heterocycles. The second-order valence-corrected chi connectivity index (χ2v) is 8.29. The summed E-state index contributed by atoms with van der Waals surface area (Å²) in [6.07, 6.45) is 0.784. The molecule has 0 aliphatic carbocycles. The molecule has 1 fully saturated rings. The monoisotopic (exact) mass is 502 g/mol. The van der Waals surface area contributed by atoms with Crippen molar-refractivity contribution in [2.24, 2.45) is 0 Å². The maximum absolute atomic E-state index is 14.6. The average molecular weight is 503 g/mol. The molecule has 3 rings (SSSR count). The molecule has 10 nitrogen and oxygen atoms in total. The second kappa shape index (κ2) is 13.0. The lowest BCUT2D eigenvalue weighted by molar-refractivity contribution is -0.140. The van der Waals surface area contributed by atoms with E-state index in [1.807, 2.05) is 0 Å².